The van der Waals surface area contributed by atoms with Gasteiger partial charge in [0.15, 0.2) is 0 Å². The van der Waals surface area contributed by atoms with Gasteiger partial charge >= 0.3 is 0 Å². The number of rotatable bonds is 4. The van der Waals surface area contributed by atoms with Crippen molar-refractivity contribution in [2.75, 3.05) is 0 Å². The van der Waals surface area contributed by atoms with Crippen LogP contribution in [0.3, 0.4) is 0 Å². The molecule has 0 saturated heterocycles. The summed E-state index contributed by atoms with van der Waals surface area (Å²) in [6.07, 6.45) is 0. The summed E-state index contributed by atoms with van der Waals surface area (Å²) in [5, 5.41) is 32.9. The van der Waals surface area contributed by atoms with Crippen LogP contribution < -0.4 is 0 Å². The van der Waals surface area contributed by atoms with Gasteiger partial charge in [0, 0.05) is 37.9 Å². The van der Waals surface area contributed by atoms with Crippen molar-refractivity contribution in [3.8, 4) is 40.3 Å². The SMILES string of the molecule is Cc1ccc2c(c1)c1cc(C)ccc1n2-c1c(C#N)c(-c2ccc3ccccc3c2)c(C#N)c(-n2c3ccc(C)cc3c3cc(C)ccc32)c1-n1c2ccc(C)cc2c2cc(C)ccc21. The Bertz CT molecular complexity index is 3810. The van der Waals surface area contributed by atoms with Crippen LogP contribution in [0.25, 0.3) is 104 Å². The minimum Gasteiger partial charge on any atom is -0.306 e. The number of aryl methyl sites for hydroxylation is 6. The number of nitriles is 2. The lowest BCUT2D eigenvalue weighted by atomic mass is 9.89. The first-order valence-corrected chi connectivity index (χ1v) is 22.2. The van der Waals surface area contributed by atoms with E-state index in [9.17, 15) is 10.5 Å². The maximum Gasteiger partial charge on any atom is 0.102 e. The van der Waals surface area contributed by atoms with E-state index in [1.54, 1.807) is 0 Å². The summed E-state index contributed by atoms with van der Waals surface area (Å²) < 4.78 is 6.98. The minimum absolute atomic E-state index is 0.428. The molecule has 0 radical (unpaired) electrons. The molecule has 5 heteroatoms. The summed E-state index contributed by atoms with van der Waals surface area (Å²) >= 11 is 0. The van der Waals surface area contributed by atoms with Crippen LogP contribution in [-0.4, -0.2) is 13.7 Å². The van der Waals surface area contributed by atoms with E-state index in [-0.39, 0.29) is 0 Å². The number of nitrogens with zero attached hydrogens (tertiary/aromatic N) is 5. The topological polar surface area (TPSA) is 62.4 Å². The van der Waals surface area contributed by atoms with Crippen LogP contribution in [0, 0.1) is 64.2 Å². The van der Waals surface area contributed by atoms with Gasteiger partial charge in [0.05, 0.1) is 61.3 Å². The molecule has 0 atom stereocenters. The molecule has 3 heterocycles. The zero-order valence-electron chi connectivity index (χ0n) is 37.2. The fourth-order valence-corrected chi connectivity index (χ4v) is 10.7. The molecular weight excluding hydrogens is 791 g/mol. The van der Waals surface area contributed by atoms with Crippen molar-refractivity contribution in [1.29, 1.82) is 10.5 Å². The molecule has 308 valence electrons. The molecule has 65 heavy (non-hydrogen) atoms. The molecule has 0 unspecified atom stereocenters. The molecule has 0 amide bonds. The molecule has 0 aliphatic carbocycles. The second kappa shape index (κ2) is 14.1. The van der Waals surface area contributed by atoms with Crippen molar-refractivity contribution in [2.24, 2.45) is 0 Å². The van der Waals surface area contributed by atoms with E-state index >= 15 is 0 Å². The standard InChI is InChI=1S/C60H43N5/c1-34-11-19-51-43(25-34)44-26-35(2)12-20-52(44)63(51)58-49(32-61)57(42-18-17-40-9-7-8-10-41(40)31-42)50(33-62)59(64-53-21-13-36(3)27-45(53)46-28-37(4)14-22-54(46)64)60(58)65-55-23-15-38(5)29-47(55)48-30-39(6)16-24-56(48)65/h7-31H,1-6H3. The lowest BCUT2D eigenvalue weighted by molar-refractivity contribution is 1.04. The highest BCUT2D eigenvalue weighted by molar-refractivity contribution is 6.15. The van der Waals surface area contributed by atoms with Gasteiger partial charge in [0.1, 0.15) is 12.1 Å². The fraction of sp³-hybridized carbons (Fsp3) is 0.100. The molecule has 5 nitrogen and oxygen atoms in total. The quantitative estimate of drug-likeness (QED) is 0.177. The molecule has 0 N–H and O–H groups in total. The average molecular weight is 834 g/mol. The van der Waals surface area contributed by atoms with Gasteiger partial charge < -0.3 is 13.7 Å². The van der Waals surface area contributed by atoms with Gasteiger partial charge in [0.25, 0.3) is 0 Å². The maximum absolute atomic E-state index is 12.1. The maximum atomic E-state index is 12.1. The zero-order valence-corrected chi connectivity index (χ0v) is 37.2. The van der Waals surface area contributed by atoms with Gasteiger partial charge in [-0.25, -0.2) is 0 Å². The van der Waals surface area contributed by atoms with E-state index < -0.39 is 0 Å². The summed E-state index contributed by atoms with van der Waals surface area (Å²) in [4.78, 5) is 0. The van der Waals surface area contributed by atoms with Crippen LogP contribution in [0.5, 0.6) is 0 Å². The Kier molecular flexibility index (Phi) is 8.29. The van der Waals surface area contributed by atoms with E-state index in [0.717, 1.165) is 121 Å². The van der Waals surface area contributed by atoms with Crippen molar-refractivity contribution in [2.45, 2.75) is 41.5 Å². The normalized spacial score (nSPS) is 11.8. The van der Waals surface area contributed by atoms with Crippen LogP contribution in [-0.2, 0) is 0 Å². The lowest BCUT2D eigenvalue weighted by Gasteiger charge is -2.26. The molecule has 12 aromatic rings. The number of fused-ring (bicyclic) bond motifs is 10. The van der Waals surface area contributed by atoms with Gasteiger partial charge in [0.2, 0.25) is 0 Å². The van der Waals surface area contributed by atoms with E-state index in [1.165, 1.54) is 0 Å². The predicted molar refractivity (Wildman–Crippen MR) is 270 cm³/mol. The fourth-order valence-electron chi connectivity index (χ4n) is 10.7. The molecule has 9 aromatic carbocycles. The van der Waals surface area contributed by atoms with Crippen LogP contribution >= 0.6 is 0 Å². The van der Waals surface area contributed by atoms with Gasteiger partial charge in [-0.3, -0.25) is 0 Å². The smallest absolute Gasteiger partial charge is 0.102 e. The van der Waals surface area contributed by atoms with Crippen molar-refractivity contribution >= 4 is 76.2 Å². The first-order chi connectivity index (χ1) is 31.6. The van der Waals surface area contributed by atoms with E-state index in [2.05, 4.69) is 207 Å². The Hall–Kier alpha value is -8.38. The molecule has 0 bridgehead atoms. The zero-order chi connectivity index (χ0) is 44.4. The molecule has 3 aromatic heterocycles. The van der Waals surface area contributed by atoms with E-state index in [1.807, 2.05) is 12.1 Å². The molecule has 0 saturated carbocycles. The Morgan fingerprint density at radius 2 is 0.631 bits per heavy atom. The number of hydrogen-bond donors (Lipinski definition) is 0. The Morgan fingerprint density at radius 1 is 0.323 bits per heavy atom. The van der Waals surface area contributed by atoms with Gasteiger partial charge in [-0.05, 0) is 137 Å². The highest BCUT2D eigenvalue weighted by Gasteiger charge is 2.33. The second-order valence-corrected chi connectivity index (χ2v) is 18.1. The summed E-state index contributed by atoms with van der Waals surface area (Å²) in [5.41, 5.74) is 17.3. The molecule has 0 fully saturated rings. The highest BCUT2D eigenvalue weighted by atomic mass is 15.1. The first-order valence-electron chi connectivity index (χ1n) is 22.2. The van der Waals surface area contributed by atoms with E-state index in [0.29, 0.717) is 28.1 Å². The Balaban J connectivity index is 1.43. The van der Waals surface area contributed by atoms with Crippen molar-refractivity contribution in [1.82, 2.24) is 13.7 Å². The van der Waals surface area contributed by atoms with E-state index in [4.69, 9.17) is 0 Å². The van der Waals surface area contributed by atoms with Gasteiger partial charge in [-0.1, -0.05) is 106 Å². The molecule has 0 aliphatic heterocycles. The summed E-state index contributed by atoms with van der Waals surface area (Å²) in [7, 11) is 0. The number of aromatic nitrogens is 3. The van der Waals surface area contributed by atoms with Crippen LogP contribution in [0.4, 0.5) is 0 Å². The monoisotopic (exact) mass is 833 g/mol. The number of hydrogen-bond acceptors (Lipinski definition) is 2. The van der Waals surface area contributed by atoms with Crippen molar-refractivity contribution in [3.63, 3.8) is 0 Å². The third kappa shape index (κ3) is 5.56. The molecular formula is C60H43N5. The van der Waals surface area contributed by atoms with Crippen LogP contribution in [0.2, 0.25) is 0 Å². The molecule has 12 rings (SSSR count). The average Bonchev–Trinajstić information content (AvgIpc) is 3.91. The third-order valence-electron chi connectivity index (χ3n) is 13.6. The largest absolute Gasteiger partial charge is 0.306 e. The van der Waals surface area contributed by atoms with Gasteiger partial charge in [-0.15, -0.1) is 0 Å². The Labute approximate surface area is 376 Å². The highest BCUT2D eigenvalue weighted by Crippen LogP contribution is 2.49. The first kappa shape index (κ1) is 38.3. The van der Waals surface area contributed by atoms with Crippen molar-refractivity contribution in [3.05, 3.63) is 196 Å². The molecule has 0 aliphatic rings. The predicted octanol–water partition coefficient (Wildman–Crippen LogP) is 15.4. The molecule has 0 spiro atoms. The third-order valence-corrected chi connectivity index (χ3v) is 13.6. The van der Waals surface area contributed by atoms with Crippen LogP contribution in [0.15, 0.2) is 152 Å². The Morgan fingerprint density at radius 3 is 0.954 bits per heavy atom. The minimum atomic E-state index is 0.428. The van der Waals surface area contributed by atoms with Crippen molar-refractivity contribution < 1.29 is 0 Å². The summed E-state index contributed by atoms with van der Waals surface area (Å²) in [6.45, 7) is 12.8. The number of benzene rings is 9. The lowest BCUT2D eigenvalue weighted by Crippen LogP contribution is -2.15. The summed E-state index contributed by atoms with van der Waals surface area (Å²) in [5.74, 6) is 0. The summed E-state index contributed by atoms with van der Waals surface area (Å²) in [6, 6.07) is 60.0. The van der Waals surface area contributed by atoms with Crippen LogP contribution in [0.1, 0.15) is 44.5 Å². The second-order valence-electron chi connectivity index (χ2n) is 18.1. The van der Waals surface area contributed by atoms with Gasteiger partial charge in [-0.2, -0.15) is 10.5 Å².